The van der Waals surface area contributed by atoms with Crippen LogP contribution in [-0.4, -0.2) is 9.91 Å². The van der Waals surface area contributed by atoms with Gasteiger partial charge < -0.3 is 0 Å². The van der Waals surface area contributed by atoms with Crippen molar-refractivity contribution in [2.75, 3.05) is 0 Å². The lowest BCUT2D eigenvalue weighted by Crippen LogP contribution is -1.98. The molecule has 15 heavy (non-hydrogen) atoms. The highest BCUT2D eigenvalue weighted by Gasteiger charge is 2.10. The van der Waals surface area contributed by atoms with Gasteiger partial charge in [-0.05, 0) is 12.1 Å². The maximum atomic E-state index is 11.1. The first kappa shape index (κ1) is 9.26. The molecule has 0 radical (unpaired) electrons. The van der Waals surface area contributed by atoms with Crippen molar-refractivity contribution in [2.45, 2.75) is 0 Å². The molecule has 1 aromatic heterocycles. The molecule has 0 fully saturated rings. The predicted octanol–water partition coefficient (Wildman–Crippen LogP) is 1.50. The van der Waals surface area contributed by atoms with Crippen LogP contribution < -0.4 is 5.56 Å². The molecule has 0 aliphatic rings. The maximum absolute atomic E-state index is 11.1. The zero-order valence-electron chi connectivity index (χ0n) is 7.58. The van der Waals surface area contributed by atoms with E-state index in [-0.39, 0.29) is 5.69 Å². The third kappa shape index (κ3) is 1.67. The molecule has 1 heterocycles. The Morgan fingerprint density at radius 3 is 2.60 bits per heavy atom. The lowest BCUT2D eigenvalue weighted by atomic mass is 10.2. The van der Waals surface area contributed by atoms with Gasteiger partial charge in [0.05, 0.1) is 15.8 Å². The van der Waals surface area contributed by atoms with Crippen molar-refractivity contribution in [1.82, 2.24) is 4.98 Å². The summed E-state index contributed by atoms with van der Waals surface area (Å²) >= 11 is 0. The molecule has 1 aromatic carbocycles. The quantitative estimate of drug-likeness (QED) is 0.518. The molecule has 0 unspecified atom stereocenters. The molecule has 0 bridgehead atoms. The van der Waals surface area contributed by atoms with Gasteiger partial charge in [0.2, 0.25) is 0 Å². The number of hydrogen-bond acceptors (Lipinski definition) is 4. The topological polar surface area (TPSA) is 73.1 Å². The molecular formula is C10H6N2O3. The molecule has 0 spiro atoms. The number of nitro groups is 1. The Kier molecular flexibility index (Phi) is 2.13. The Morgan fingerprint density at radius 2 is 1.87 bits per heavy atom. The standard InChI is InChI=1S/C10H6N2O3/c13-10-6-1-3-7-8(11-10)4-2-5-9(7)12(14)15/h1-6H. The van der Waals surface area contributed by atoms with Gasteiger partial charge in [0.15, 0.2) is 0 Å². The second-order valence-corrected chi connectivity index (χ2v) is 2.94. The summed E-state index contributed by atoms with van der Waals surface area (Å²) in [6, 6.07) is 8.71. The van der Waals surface area contributed by atoms with Gasteiger partial charge in [-0.25, -0.2) is 4.98 Å². The monoisotopic (exact) mass is 202 g/mol. The van der Waals surface area contributed by atoms with Gasteiger partial charge in [0.25, 0.3) is 11.2 Å². The smallest absolute Gasteiger partial charge is 0.267 e. The zero-order valence-corrected chi connectivity index (χ0v) is 7.58. The average Bonchev–Trinajstić information content (AvgIpc) is 2.37. The molecule has 0 amide bonds. The van der Waals surface area contributed by atoms with E-state index in [1.54, 1.807) is 6.07 Å². The molecule has 0 saturated heterocycles. The van der Waals surface area contributed by atoms with E-state index in [4.69, 9.17) is 0 Å². The Labute approximate surface area is 84.2 Å². The number of hydrogen-bond donors (Lipinski definition) is 0. The SMILES string of the molecule is O=c1cccc2c([N+](=O)[O-])cccc2n1. The number of aromatic nitrogens is 1. The summed E-state index contributed by atoms with van der Waals surface area (Å²) in [6.45, 7) is 0. The fourth-order valence-electron chi connectivity index (χ4n) is 1.35. The van der Waals surface area contributed by atoms with Crippen LogP contribution in [0.25, 0.3) is 10.9 Å². The molecule has 74 valence electrons. The average molecular weight is 202 g/mol. The largest absolute Gasteiger partial charge is 0.278 e. The van der Waals surface area contributed by atoms with E-state index in [9.17, 15) is 14.9 Å². The molecule has 0 aliphatic carbocycles. The summed E-state index contributed by atoms with van der Waals surface area (Å²) in [5.41, 5.74) is -0.125. The molecule has 0 atom stereocenters. The molecule has 0 saturated carbocycles. The molecule has 2 rings (SSSR count). The van der Waals surface area contributed by atoms with Crippen molar-refractivity contribution >= 4 is 16.6 Å². The molecular weight excluding hydrogens is 196 g/mol. The van der Waals surface area contributed by atoms with Crippen LogP contribution in [0, 0.1) is 10.1 Å². The highest BCUT2D eigenvalue weighted by atomic mass is 16.6. The number of non-ortho nitro benzene ring substituents is 1. The second-order valence-electron chi connectivity index (χ2n) is 2.94. The van der Waals surface area contributed by atoms with E-state index in [2.05, 4.69) is 4.98 Å². The summed E-state index contributed by atoms with van der Waals surface area (Å²) < 4.78 is 0. The highest BCUT2D eigenvalue weighted by molar-refractivity contribution is 5.87. The zero-order chi connectivity index (χ0) is 10.8. The third-order valence-electron chi connectivity index (χ3n) is 1.99. The van der Waals surface area contributed by atoms with Crippen LogP contribution in [-0.2, 0) is 0 Å². The Balaban J connectivity index is 2.95. The van der Waals surface area contributed by atoms with E-state index >= 15 is 0 Å². The number of benzene rings is 1. The van der Waals surface area contributed by atoms with Gasteiger partial charge >= 0.3 is 0 Å². The fraction of sp³-hybridized carbons (Fsp3) is 0. The number of rotatable bonds is 1. The number of nitro benzene ring substituents is 1. The minimum absolute atomic E-state index is 0.0457. The van der Waals surface area contributed by atoms with Crippen molar-refractivity contribution in [3.63, 3.8) is 0 Å². The van der Waals surface area contributed by atoms with Crippen LogP contribution in [0.15, 0.2) is 41.2 Å². The molecule has 5 nitrogen and oxygen atoms in total. The summed E-state index contributed by atoms with van der Waals surface area (Å²) in [5.74, 6) is 0. The third-order valence-corrected chi connectivity index (χ3v) is 1.99. The summed E-state index contributed by atoms with van der Waals surface area (Å²) in [6.07, 6.45) is 0. The summed E-state index contributed by atoms with van der Waals surface area (Å²) in [7, 11) is 0. The molecule has 0 aliphatic heterocycles. The molecule has 2 aromatic rings. The van der Waals surface area contributed by atoms with Crippen LogP contribution >= 0.6 is 0 Å². The minimum atomic E-state index is -0.492. The molecule has 0 N–H and O–H groups in total. The van der Waals surface area contributed by atoms with Crippen molar-refractivity contribution < 1.29 is 4.92 Å². The van der Waals surface area contributed by atoms with Crippen molar-refractivity contribution in [3.05, 3.63) is 56.9 Å². The van der Waals surface area contributed by atoms with E-state index < -0.39 is 10.5 Å². The van der Waals surface area contributed by atoms with Gasteiger partial charge in [0.1, 0.15) is 0 Å². The van der Waals surface area contributed by atoms with Gasteiger partial charge in [-0.15, -0.1) is 0 Å². The van der Waals surface area contributed by atoms with Gasteiger partial charge in [-0.3, -0.25) is 14.9 Å². The normalized spacial score (nSPS) is 10.1. The van der Waals surface area contributed by atoms with E-state index in [1.807, 2.05) is 0 Å². The Bertz CT molecular complexity index is 595. The highest BCUT2D eigenvalue weighted by Crippen LogP contribution is 2.21. The first-order valence-electron chi connectivity index (χ1n) is 4.23. The second kappa shape index (κ2) is 3.45. The van der Waals surface area contributed by atoms with Crippen LogP contribution in [0.2, 0.25) is 0 Å². The molecule has 5 heteroatoms. The van der Waals surface area contributed by atoms with E-state index in [1.165, 1.54) is 30.3 Å². The van der Waals surface area contributed by atoms with Crippen molar-refractivity contribution in [1.29, 1.82) is 0 Å². The van der Waals surface area contributed by atoms with Crippen molar-refractivity contribution in [2.24, 2.45) is 0 Å². The number of fused-ring (bicyclic) bond motifs is 1. The van der Waals surface area contributed by atoms with Gasteiger partial charge in [0, 0.05) is 12.1 Å². The first-order valence-corrected chi connectivity index (χ1v) is 4.23. The number of nitrogens with zero attached hydrogens (tertiary/aromatic N) is 2. The van der Waals surface area contributed by atoms with Crippen LogP contribution in [0.1, 0.15) is 0 Å². The Hall–Kier alpha value is -2.30. The lowest BCUT2D eigenvalue weighted by molar-refractivity contribution is -0.383. The van der Waals surface area contributed by atoms with E-state index in [0.717, 1.165) is 0 Å². The minimum Gasteiger partial charge on any atom is -0.267 e. The van der Waals surface area contributed by atoms with Crippen LogP contribution in [0.5, 0.6) is 0 Å². The van der Waals surface area contributed by atoms with Crippen molar-refractivity contribution in [3.8, 4) is 0 Å². The summed E-state index contributed by atoms with van der Waals surface area (Å²) in [5, 5.41) is 11.1. The van der Waals surface area contributed by atoms with Gasteiger partial charge in [-0.1, -0.05) is 12.1 Å². The summed E-state index contributed by atoms with van der Waals surface area (Å²) in [4.78, 5) is 25.0. The lowest BCUT2D eigenvalue weighted by Gasteiger charge is -1.93. The Morgan fingerprint density at radius 1 is 1.13 bits per heavy atom. The fourth-order valence-corrected chi connectivity index (χ4v) is 1.35. The maximum Gasteiger partial charge on any atom is 0.278 e. The van der Waals surface area contributed by atoms with E-state index in [0.29, 0.717) is 10.9 Å². The van der Waals surface area contributed by atoms with Gasteiger partial charge in [-0.2, -0.15) is 0 Å². The van der Waals surface area contributed by atoms with Crippen LogP contribution in [0.4, 0.5) is 5.69 Å². The van der Waals surface area contributed by atoms with Crippen LogP contribution in [0.3, 0.4) is 0 Å². The predicted molar refractivity (Wildman–Crippen MR) is 54.7 cm³/mol. The first-order chi connectivity index (χ1) is 7.18.